The van der Waals surface area contributed by atoms with Crippen molar-refractivity contribution in [2.45, 2.75) is 37.5 Å². The van der Waals surface area contributed by atoms with Crippen molar-refractivity contribution < 1.29 is 28.3 Å². The number of benzene rings is 1. The van der Waals surface area contributed by atoms with Crippen LogP contribution in [0.2, 0.25) is 5.02 Å². The number of unbranched alkanes of at least 4 members (excludes halogenated alkanes) is 1. The summed E-state index contributed by atoms with van der Waals surface area (Å²) in [6.45, 7) is 1.70. The first kappa shape index (κ1) is 25.9. The highest BCUT2D eigenvalue weighted by Gasteiger charge is 2.43. The van der Waals surface area contributed by atoms with Crippen molar-refractivity contribution in [3.63, 3.8) is 0 Å². The van der Waals surface area contributed by atoms with E-state index in [2.05, 4.69) is 0 Å². The quantitative estimate of drug-likeness (QED) is 0.251. The number of sulfone groups is 1. The number of ether oxygens (including phenoxy) is 1. The van der Waals surface area contributed by atoms with Crippen LogP contribution < -0.4 is 15.8 Å². The van der Waals surface area contributed by atoms with E-state index in [0.29, 0.717) is 41.3 Å². The molecule has 0 aliphatic heterocycles. The van der Waals surface area contributed by atoms with Gasteiger partial charge in [-0.3, -0.25) is 14.8 Å². The maximum atomic E-state index is 12.6. The second-order valence-electron chi connectivity index (χ2n) is 7.56. The van der Waals surface area contributed by atoms with Crippen LogP contribution in [0.4, 0.5) is 0 Å². The van der Waals surface area contributed by atoms with E-state index in [1.807, 2.05) is 0 Å². The number of aliphatic hydroxyl groups excluding tert-OH is 1. The Morgan fingerprint density at radius 3 is 2.53 bits per heavy atom. The van der Waals surface area contributed by atoms with Crippen molar-refractivity contribution in [3.05, 3.63) is 51.9 Å². The summed E-state index contributed by atoms with van der Waals surface area (Å²) in [6, 6.07) is 8.14. The molecule has 11 heteroatoms. The molecule has 1 unspecified atom stereocenters. The summed E-state index contributed by atoms with van der Waals surface area (Å²) in [6.07, 6.45) is 3.55. The Labute approximate surface area is 191 Å². The van der Waals surface area contributed by atoms with Crippen LogP contribution in [0.15, 0.2) is 41.3 Å². The van der Waals surface area contributed by atoms with E-state index in [1.54, 1.807) is 24.3 Å². The molecule has 0 radical (unpaired) electrons. The average molecular weight is 487 g/mol. The first-order chi connectivity index (χ1) is 15.0. The molecule has 176 valence electrons. The third-order valence-electron chi connectivity index (χ3n) is 5.30. The summed E-state index contributed by atoms with van der Waals surface area (Å²) >= 11 is 6.35. The summed E-state index contributed by atoms with van der Waals surface area (Å²) in [7, 11) is -3.86. The fourth-order valence-corrected chi connectivity index (χ4v) is 4.13. The van der Waals surface area contributed by atoms with Crippen molar-refractivity contribution in [2.75, 3.05) is 19.5 Å². The third-order valence-corrected chi connectivity index (χ3v) is 7.64. The van der Waals surface area contributed by atoms with Crippen LogP contribution in [-0.4, -0.2) is 53.4 Å². The topological polar surface area (TPSA) is 135 Å². The van der Waals surface area contributed by atoms with Gasteiger partial charge in [0.2, 0.25) is 0 Å². The van der Waals surface area contributed by atoms with E-state index in [-0.39, 0.29) is 19.6 Å². The maximum Gasteiger partial charge on any atom is 0.264 e. The summed E-state index contributed by atoms with van der Waals surface area (Å²) < 4.78 is 29.1. The molecule has 1 aromatic heterocycles. The van der Waals surface area contributed by atoms with E-state index in [1.165, 1.54) is 29.2 Å². The molecule has 0 aliphatic carbocycles. The van der Waals surface area contributed by atoms with E-state index < -0.39 is 26.1 Å². The molecule has 9 nitrogen and oxygen atoms in total. The predicted molar refractivity (Wildman–Crippen MR) is 121 cm³/mol. The first-order valence-electron chi connectivity index (χ1n) is 9.91. The SMILES string of the molecule is CC(CCn1ccc(-c2ccc(OCCCCO)cc2Cl)cc1=O)(C(=O)NO)S(C)(=O)=O. The number of carbonyl (C=O) groups excluding carboxylic acids is 1. The van der Waals surface area contributed by atoms with Crippen LogP contribution in [0, 0.1) is 0 Å². The molecule has 2 rings (SSSR count). The zero-order valence-electron chi connectivity index (χ0n) is 17.9. The third kappa shape index (κ3) is 6.10. The molecule has 0 aliphatic rings. The minimum Gasteiger partial charge on any atom is -0.494 e. The Morgan fingerprint density at radius 2 is 1.97 bits per heavy atom. The number of amides is 1. The average Bonchev–Trinajstić information content (AvgIpc) is 2.74. The van der Waals surface area contributed by atoms with Crippen molar-refractivity contribution in [1.82, 2.24) is 10.0 Å². The van der Waals surface area contributed by atoms with Crippen molar-refractivity contribution in [3.8, 4) is 16.9 Å². The highest BCUT2D eigenvalue weighted by atomic mass is 35.5. The van der Waals surface area contributed by atoms with E-state index in [4.69, 9.17) is 26.7 Å². The Morgan fingerprint density at radius 1 is 1.25 bits per heavy atom. The summed E-state index contributed by atoms with van der Waals surface area (Å²) in [5.41, 5.74) is 2.18. The zero-order valence-corrected chi connectivity index (χ0v) is 19.4. The minimum atomic E-state index is -3.86. The fraction of sp³-hybridized carbons (Fsp3) is 0.429. The Hall–Kier alpha value is -2.40. The van der Waals surface area contributed by atoms with E-state index >= 15 is 0 Å². The van der Waals surface area contributed by atoms with E-state index in [0.717, 1.165) is 6.26 Å². The molecule has 3 N–H and O–H groups in total. The van der Waals surface area contributed by atoms with Crippen LogP contribution >= 0.6 is 11.6 Å². The van der Waals surface area contributed by atoms with Gasteiger partial charge in [-0.15, -0.1) is 0 Å². The number of rotatable bonds is 11. The number of nitrogens with one attached hydrogen (secondary N) is 1. The van der Waals surface area contributed by atoms with Gasteiger partial charge in [-0.25, -0.2) is 13.9 Å². The van der Waals surface area contributed by atoms with Crippen molar-refractivity contribution >= 4 is 27.3 Å². The maximum absolute atomic E-state index is 12.6. The van der Waals surface area contributed by atoms with Crippen molar-refractivity contribution in [1.29, 1.82) is 0 Å². The van der Waals surface area contributed by atoms with Gasteiger partial charge in [0.05, 0.1) is 11.6 Å². The Balaban J connectivity index is 2.18. The molecular formula is C21H27ClN2O7S. The molecular weight excluding hydrogens is 460 g/mol. The molecule has 1 heterocycles. The number of aliphatic hydroxyl groups is 1. The van der Waals surface area contributed by atoms with Crippen LogP contribution in [0.25, 0.3) is 11.1 Å². The van der Waals surface area contributed by atoms with Crippen LogP contribution in [0.5, 0.6) is 5.75 Å². The number of hydroxylamine groups is 1. The normalized spacial score (nSPS) is 13.4. The minimum absolute atomic E-state index is 0.0511. The molecule has 2 aromatic rings. The van der Waals surface area contributed by atoms with Gasteiger partial charge in [0.1, 0.15) is 5.75 Å². The smallest absolute Gasteiger partial charge is 0.264 e. The molecule has 1 atom stereocenters. The number of aryl methyl sites for hydroxylation is 1. The number of pyridine rings is 1. The van der Waals surface area contributed by atoms with Gasteiger partial charge >= 0.3 is 0 Å². The fourth-order valence-electron chi connectivity index (χ4n) is 3.00. The number of hydrogen-bond donors (Lipinski definition) is 3. The highest BCUT2D eigenvalue weighted by Crippen LogP contribution is 2.31. The number of carbonyl (C=O) groups is 1. The molecule has 0 spiro atoms. The molecule has 32 heavy (non-hydrogen) atoms. The monoisotopic (exact) mass is 486 g/mol. The standard InChI is InChI=1S/C21H27ClN2O7S/c1-21(20(27)23-28,32(2,29)30)8-10-24-9-7-15(13-19(24)26)17-6-5-16(14-18(17)22)31-12-4-3-11-25/h5-7,9,13-14,25,28H,3-4,8,10-12H2,1-2H3,(H,23,27). The number of nitrogens with zero attached hydrogens (tertiary/aromatic N) is 1. The van der Waals surface area contributed by atoms with Gasteiger partial charge in [0.25, 0.3) is 11.5 Å². The van der Waals surface area contributed by atoms with Crippen LogP contribution in [0.1, 0.15) is 26.2 Å². The number of aromatic nitrogens is 1. The molecule has 0 bridgehead atoms. The second-order valence-corrected chi connectivity index (χ2v) is 10.4. The number of hydrogen-bond acceptors (Lipinski definition) is 7. The largest absolute Gasteiger partial charge is 0.494 e. The van der Waals surface area contributed by atoms with Crippen LogP contribution in [-0.2, 0) is 21.2 Å². The molecule has 0 saturated carbocycles. The molecule has 1 amide bonds. The number of halogens is 1. The van der Waals surface area contributed by atoms with Gasteiger partial charge in [-0.05, 0) is 56.0 Å². The molecule has 1 aromatic carbocycles. The lowest BCUT2D eigenvalue weighted by molar-refractivity contribution is -0.131. The summed E-state index contributed by atoms with van der Waals surface area (Å²) in [4.78, 5) is 24.5. The Kier molecular flexibility index (Phi) is 8.85. The van der Waals surface area contributed by atoms with Crippen molar-refractivity contribution in [2.24, 2.45) is 0 Å². The van der Waals surface area contributed by atoms with E-state index in [9.17, 15) is 18.0 Å². The van der Waals surface area contributed by atoms with Gasteiger partial charge in [-0.1, -0.05) is 11.6 Å². The van der Waals surface area contributed by atoms with Gasteiger partial charge < -0.3 is 14.4 Å². The summed E-state index contributed by atoms with van der Waals surface area (Å²) in [5, 5.41) is 18.1. The highest BCUT2D eigenvalue weighted by molar-refractivity contribution is 7.92. The molecule has 0 saturated heterocycles. The zero-order chi connectivity index (χ0) is 23.9. The van der Waals surface area contributed by atoms with Gasteiger partial charge in [-0.2, -0.15) is 0 Å². The molecule has 0 fully saturated rings. The van der Waals surface area contributed by atoms with Crippen LogP contribution in [0.3, 0.4) is 0 Å². The first-order valence-corrected chi connectivity index (χ1v) is 12.2. The lowest BCUT2D eigenvalue weighted by atomic mass is 10.1. The van der Waals surface area contributed by atoms with Gasteiger partial charge in [0.15, 0.2) is 14.6 Å². The lowest BCUT2D eigenvalue weighted by Gasteiger charge is -2.25. The second kappa shape index (κ2) is 11.0. The predicted octanol–water partition coefficient (Wildman–Crippen LogP) is 2.02. The van der Waals surface area contributed by atoms with Gasteiger partial charge in [0, 0.05) is 37.2 Å². The summed E-state index contributed by atoms with van der Waals surface area (Å²) in [5.74, 6) is -0.484. The lowest BCUT2D eigenvalue weighted by Crippen LogP contribution is -2.49. The Bertz CT molecular complexity index is 1120.